The zero-order valence-corrected chi connectivity index (χ0v) is 10.9. The number of urea groups is 1. The molecule has 4 heteroatoms. The molecule has 0 N–H and O–H groups in total. The average Bonchev–Trinajstić information content (AvgIpc) is 2.84. The fraction of sp³-hybridized carbons (Fsp3) is 0.714. The Morgan fingerprint density at radius 3 is 2.67 bits per heavy atom. The van der Waals surface area contributed by atoms with E-state index in [1.807, 2.05) is 11.9 Å². The predicted octanol–water partition coefficient (Wildman–Crippen LogP) is 1.09. The van der Waals surface area contributed by atoms with Crippen molar-refractivity contribution < 1.29 is 9.59 Å². The van der Waals surface area contributed by atoms with E-state index < -0.39 is 0 Å². The van der Waals surface area contributed by atoms with E-state index in [0.29, 0.717) is 17.8 Å². The highest BCUT2D eigenvalue weighted by molar-refractivity contribution is 6.07. The first-order valence-corrected chi connectivity index (χ1v) is 6.62. The number of hydrogen-bond acceptors (Lipinski definition) is 2. The van der Waals surface area contributed by atoms with Crippen LogP contribution in [0.2, 0.25) is 0 Å². The lowest BCUT2D eigenvalue weighted by molar-refractivity contribution is -0.181. The molecule has 0 aromatic carbocycles. The largest absolute Gasteiger partial charge is 0.326 e. The van der Waals surface area contributed by atoms with Gasteiger partial charge in [0.15, 0.2) is 0 Å². The van der Waals surface area contributed by atoms with E-state index in [4.69, 9.17) is 0 Å². The van der Waals surface area contributed by atoms with Gasteiger partial charge in [-0.1, -0.05) is 19.1 Å². The van der Waals surface area contributed by atoms with Crippen molar-refractivity contribution in [3.8, 4) is 0 Å². The number of hydrogen-bond donors (Lipinski definition) is 0. The van der Waals surface area contributed by atoms with Crippen LogP contribution in [0.3, 0.4) is 0 Å². The standard InChI is InChI=1S/C14H16N2O2/c1-6-5-13-12(2)7(6)8-9(12)14(8,13)10(17)15(3)11(18)16(13)4/h7-9H,1,5H2,2-4H3. The molecule has 4 nitrogen and oxygen atoms in total. The topological polar surface area (TPSA) is 40.6 Å². The van der Waals surface area contributed by atoms with Crippen molar-refractivity contribution in [2.24, 2.45) is 28.6 Å². The number of carbonyl (C=O) groups is 2. The summed E-state index contributed by atoms with van der Waals surface area (Å²) in [5.74, 6) is 1.55. The van der Waals surface area contributed by atoms with Crippen LogP contribution in [0, 0.1) is 28.6 Å². The van der Waals surface area contributed by atoms with E-state index in [1.165, 1.54) is 10.5 Å². The van der Waals surface area contributed by atoms with E-state index >= 15 is 0 Å². The smallest absolute Gasteiger partial charge is 0.320 e. The lowest BCUT2D eigenvalue weighted by Gasteiger charge is -2.65. The predicted molar refractivity (Wildman–Crippen MR) is 63.4 cm³/mol. The van der Waals surface area contributed by atoms with Gasteiger partial charge in [0.2, 0.25) is 5.91 Å². The summed E-state index contributed by atoms with van der Waals surface area (Å²) in [5.41, 5.74) is 0.933. The quantitative estimate of drug-likeness (QED) is 0.598. The summed E-state index contributed by atoms with van der Waals surface area (Å²) < 4.78 is 0. The first-order valence-electron chi connectivity index (χ1n) is 6.62. The molecule has 6 atom stereocenters. The first kappa shape index (κ1) is 9.59. The second kappa shape index (κ2) is 1.95. The molecule has 0 aromatic heterocycles. The molecule has 1 aliphatic heterocycles. The Labute approximate surface area is 106 Å². The van der Waals surface area contributed by atoms with Crippen LogP contribution in [0.1, 0.15) is 13.3 Å². The molecule has 94 valence electrons. The van der Waals surface area contributed by atoms with Crippen LogP contribution in [0.25, 0.3) is 0 Å². The maximum Gasteiger partial charge on any atom is 0.326 e. The molecular formula is C14H16N2O2. The van der Waals surface area contributed by atoms with Crippen LogP contribution in [0.15, 0.2) is 12.2 Å². The van der Waals surface area contributed by atoms with E-state index in [9.17, 15) is 9.59 Å². The van der Waals surface area contributed by atoms with Crippen LogP contribution in [-0.4, -0.2) is 41.4 Å². The van der Waals surface area contributed by atoms with Crippen molar-refractivity contribution in [2.45, 2.75) is 18.9 Å². The first-order chi connectivity index (χ1) is 8.38. The molecule has 5 aliphatic rings. The molecule has 18 heavy (non-hydrogen) atoms. The Balaban J connectivity index is 1.81. The highest BCUT2D eigenvalue weighted by atomic mass is 16.2. The maximum atomic E-state index is 12.6. The van der Waals surface area contributed by atoms with Crippen molar-refractivity contribution >= 4 is 11.9 Å². The summed E-state index contributed by atoms with van der Waals surface area (Å²) in [6.45, 7) is 6.47. The molecule has 2 spiro atoms. The molecule has 0 bridgehead atoms. The average molecular weight is 244 g/mol. The molecular weight excluding hydrogens is 228 g/mol. The molecule has 6 unspecified atom stereocenters. The summed E-state index contributed by atoms with van der Waals surface area (Å²) in [6, 6.07) is -0.142. The Hall–Kier alpha value is -1.32. The summed E-state index contributed by atoms with van der Waals surface area (Å²) >= 11 is 0. The number of nitrogens with zero attached hydrogens (tertiary/aromatic N) is 2. The van der Waals surface area contributed by atoms with Crippen LogP contribution in [0.4, 0.5) is 4.79 Å². The van der Waals surface area contributed by atoms with Crippen LogP contribution in [-0.2, 0) is 4.79 Å². The number of imide groups is 1. The van der Waals surface area contributed by atoms with Gasteiger partial charge in [-0.25, -0.2) is 4.79 Å². The van der Waals surface area contributed by atoms with E-state index in [1.54, 1.807) is 7.05 Å². The van der Waals surface area contributed by atoms with Crippen LogP contribution >= 0.6 is 0 Å². The second-order valence-electron chi connectivity index (χ2n) is 7.03. The van der Waals surface area contributed by atoms with Crippen molar-refractivity contribution in [1.29, 1.82) is 0 Å². The monoisotopic (exact) mass is 244 g/mol. The lowest BCUT2D eigenvalue weighted by Crippen LogP contribution is -2.78. The summed E-state index contributed by atoms with van der Waals surface area (Å²) in [5, 5.41) is 0. The molecule has 0 aromatic rings. The third-order valence-corrected chi connectivity index (χ3v) is 7.22. The van der Waals surface area contributed by atoms with E-state index in [2.05, 4.69) is 13.5 Å². The van der Waals surface area contributed by atoms with Gasteiger partial charge in [0.05, 0.1) is 11.0 Å². The van der Waals surface area contributed by atoms with Crippen molar-refractivity contribution in [1.82, 2.24) is 9.80 Å². The van der Waals surface area contributed by atoms with Gasteiger partial charge in [0, 0.05) is 19.5 Å². The zero-order chi connectivity index (χ0) is 12.8. The minimum atomic E-state index is -0.238. The number of carbonyl (C=O) groups excluding carboxylic acids is 2. The molecule has 1 heterocycles. The number of fused-ring (bicyclic) bond motifs is 1. The third kappa shape index (κ3) is 0.433. The summed E-state index contributed by atoms with van der Waals surface area (Å²) in [6.07, 6.45) is 0.836. The van der Waals surface area contributed by atoms with Crippen molar-refractivity contribution in [3.63, 3.8) is 0 Å². The summed E-state index contributed by atoms with van der Waals surface area (Å²) in [4.78, 5) is 28.1. The highest BCUT2D eigenvalue weighted by Gasteiger charge is 3.09. The number of amides is 3. The zero-order valence-electron chi connectivity index (χ0n) is 10.9. The van der Waals surface area contributed by atoms with Gasteiger partial charge in [-0.3, -0.25) is 9.69 Å². The van der Waals surface area contributed by atoms with Crippen molar-refractivity contribution in [2.75, 3.05) is 14.1 Å². The van der Waals surface area contributed by atoms with Crippen LogP contribution < -0.4 is 0 Å². The van der Waals surface area contributed by atoms with Gasteiger partial charge in [0.25, 0.3) is 0 Å². The fourth-order valence-corrected chi connectivity index (χ4v) is 7.00. The molecule has 3 amide bonds. The molecule has 0 radical (unpaired) electrons. The van der Waals surface area contributed by atoms with Gasteiger partial charge in [-0.15, -0.1) is 0 Å². The molecule has 5 rings (SSSR count). The number of rotatable bonds is 0. The van der Waals surface area contributed by atoms with Gasteiger partial charge >= 0.3 is 6.03 Å². The SMILES string of the molecule is C=C1CC23N(C)C(=O)N(C)C(=O)C24C2C1C3(C)C24. The van der Waals surface area contributed by atoms with Gasteiger partial charge in [0.1, 0.15) is 0 Å². The minimum absolute atomic E-state index is 0.0769. The lowest BCUT2D eigenvalue weighted by atomic mass is 9.47. The van der Waals surface area contributed by atoms with Gasteiger partial charge < -0.3 is 4.90 Å². The van der Waals surface area contributed by atoms with Crippen molar-refractivity contribution in [3.05, 3.63) is 12.2 Å². The normalized spacial score (nSPS) is 62.2. The second-order valence-corrected chi connectivity index (χ2v) is 7.03. The van der Waals surface area contributed by atoms with Crippen LogP contribution in [0.5, 0.6) is 0 Å². The molecule has 5 fully saturated rings. The Morgan fingerprint density at radius 1 is 1.33 bits per heavy atom. The molecule has 1 saturated heterocycles. The summed E-state index contributed by atoms with van der Waals surface area (Å²) in [7, 11) is 3.50. The van der Waals surface area contributed by atoms with E-state index in [0.717, 1.165) is 6.42 Å². The Morgan fingerprint density at radius 2 is 2.00 bits per heavy atom. The van der Waals surface area contributed by atoms with Gasteiger partial charge in [-0.2, -0.15) is 0 Å². The maximum absolute atomic E-state index is 12.6. The van der Waals surface area contributed by atoms with Gasteiger partial charge in [-0.05, 0) is 24.2 Å². The minimum Gasteiger partial charge on any atom is -0.320 e. The highest BCUT2D eigenvalue weighted by Crippen LogP contribution is 3.04. The Kier molecular flexibility index (Phi) is 1.04. The molecule has 4 saturated carbocycles. The molecule has 4 aliphatic carbocycles. The fourth-order valence-electron chi connectivity index (χ4n) is 7.00. The Bertz CT molecular complexity index is 599. The van der Waals surface area contributed by atoms with E-state index in [-0.39, 0.29) is 28.3 Å². The third-order valence-electron chi connectivity index (χ3n) is 7.22.